The summed E-state index contributed by atoms with van der Waals surface area (Å²) < 4.78 is 9.19. The van der Waals surface area contributed by atoms with Gasteiger partial charge in [0.1, 0.15) is 18.5 Å². The van der Waals surface area contributed by atoms with E-state index in [-0.39, 0.29) is 0 Å². The predicted molar refractivity (Wildman–Crippen MR) is 153 cm³/mol. The van der Waals surface area contributed by atoms with E-state index in [0.717, 1.165) is 29.7 Å². The van der Waals surface area contributed by atoms with Crippen LogP contribution >= 0.6 is 0 Å². The Kier molecular flexibility index (Phi) is 5.28. The zero-order chi connectivity index (χ0) is 26.1. The lowest BCUT2D eigenvalue weighted by Gasteiger charge is -2.26. The van der Waals surface area contributed by atoms with Crippen molar-refractivity contribution in [3.05, 3.63) is 88.9 Å². The van der Waals surface area contributed by atoms with Gasteiger partial charge >= 0.3 is 0 Å². The van der Waals surface area contributed by atoms with Crippen molar-refractivity contribution in [1.29, 1.82) is 0 Å². The van der Waals surface area contributed by atoms with Gasteiger partial charge in [0.05, 0.1) is 17.4 Å². The van der Waals surface area contributed by atoms with Crippen LogP contribution in [-0.4, -0.2) is 5.54 Å². The Morgan fingerprint density at radius 1 is 0.973 bits per heavy atom. The number of benzene rings is 4. The smallest absolute Gasteiger partial charge is 0.231 e. The molecular weight excluding hydrogens is 452 g/mol. The molecule has 3 heteroatoms. The highest BCUT2D eigenvalue weighted by Gasteiger charge is 2.33. The average Bonchev–Trinajstić information content (AvgIpc) is 2.87. The molecule has 2 heterocycles. The van der Waals surface area contributed by atoms with Crippen LogP contribution in [0, 0.1) is 19.4 Å². The van der Waals surface area contributed by atoms with Crippen molar-refractivity contribution in [3.63, 3.8) is 0 Å². The minimum absolute atomic E-state index is 0.417. The summed E-state index contributed by atoms with van der Waals surface area (Å²) in [6.45, 7) is 18.4. The normalized spacial score (nSPS) is 12.7. The first-order chi connectivity index (χ1) is 17.7. The minimum Gasteiger partial charge on any atom is -0.455 e. The van der Waals surface area contributed by atoms with Crippen molar-refractivity contribution in [2.75, 3.05) is 0 Å². The van der Waals surface area contributed by atoms with Crippen molar-refractivity contribution < 1.29 is 9.30 Å². The summed E-state index contributed by atoms with van der Waals surface area (Å²) in [5, 5.41) is 7.35. The number of hydrogen-bond donors (Lipinski definition) is 0. The molecule has 184 valence electrons. The summed E-state index contributed by atoms with van der Waals surface area (Å²) >= 11 is 0. The number of fused-ring (bicyclic) bond motifs is 5. The third-order valence-electron chi connectivity index (χ3n) is 7.80. The van der Waals surface area contributed by atoms with Crippen LogP contribution in [0.25, 0.3) is 48.4 Å². The molecule has 1 aliphatic heterocycles. The molecular formula is C34H33N2O+. The molecule has 0 radical (unpaired) electrons. The van der Waals surface area contributed by atoms with E-state index in [9.17, 15) is 0 Å². The molecule has 0 fully saturated rings. The van der Waals surface area contributed by atoms with Crippen LogP contribution in [0.3, 0.4) is 0 Å². The molecule has 0 atom stereocenters. The van der Waals surface area contributed by atoms with Gasteiger partial charge in [0.2, 0.25) is 11.2 Å². The third kappa shape index (κ3) is 3.66. The molecule has 1 aromatic heterocycles. The number of pyridine rings is 1. The highest BCUT2D eigenvalue weighted by molar-refractivity contribution is 6.16. The van der Waals surface area contributed by atoms with Crippen molar-refractivity contribution in [3.8, 4) is 22.8 Å². The molecule has 0 amide bonds. The Morgan fingerprint density at radius 3 is 2.46 bits per heavy atom. The van der Waals surface area contributed by atoms with Gasteiger partial charge in [-0.15, -0.1) is 0 Å². The summed E-state index contributed by atoms with van der Waals surface area (Å²) in [6.07, 6.45) is 3.87. The first-order valence-electron chi connectivity index (χ1n) is 13.2. The molecule has 0 saturated carbocycles. The predicted octanol–water partition coefficient (Wildman–Crippen LogP) is 8.49. The van der Waals surface area contributed by atoms with Gasteiger partial charge in [0.25, 0.3) is 0 Å². The average molecular weight is 486 g/mol. The van der Waals surface area contributed by atoms with Crippen LogP contribution in [0.4, 0.5) is 0 Å². The SMILES string of the molecule is [C-]#[N+]C(C)(C)Cc1ccc2c(c1)cc1c3c([n+](C)ccc32)-c2c(c(CC(C)C)c3ccccc3c2C)O1. The zero-order valence-corrected chi connectivity index (χ0v) is 22.6. The molecule has 0 saturated heterocycles. The topological polar surface area (TPSA) is 17.5 Å². The molecule has 0 aliphatic carbocycles. The quantitative estimate of drug-likeness (QED) is 0.139. The molecule has 4 aromatic carbocycles. The standard InChI is InChI=1S/C34H33N2O/c1-20(2)16-28-26-11-9-8-10-24(26)21(3)30-32-31-27(14-15-36(32)7)25-13-12-22(19-34(4,5)35-6)17-23(25)18-29(31)37-33(28)30/h8-15,17-18,20H,16,19H2,1-5,7H3/q+1. The molecule has 5 aromatic rings. The lowest BCUT2D eigenvalue weighted by Crippen LogP contribution is -2.32. The molecule has 3 nitrogen and oxygen atoms in total. The van der Waals surface area contributed by atoms with Crippen LogP contribution < -0.4 is 9.30 Å². The Hall–Kier alpha value is -3.90. The maximum Gasteiger partial charge on any atom is 0.231 e. The third-order valence-corrected chi connectivity index (χ3v) is 7.80. The number of hydrogen-bond acceptors (Lipinski definition) is 1. The van der Waals surface area contributed by atoms with E-state index in [1.807, 2.05) is 13.8 Å². The molecule has 0 bridgehead atoms. The van der Waals surface area contributed by atoms with Gasteiger partial charge in [0.15, 0.2) is 6.20 Å². The second-order valence-corrected chi connectivity index (χ2v) is 11.6. The fourth-order valence-electron chi connectivity index (χ4n) is 6.11. The van der Waals surface area contributed by atoms with Crippen LogP contribution in [-0.2, 0) is 19.9 Å². The number of rotatable bonds is 4. The van der Waals surface area contributed by atoms with E-state index < -0.39 is 5.54 Å². The van der Waals surface area contributed by atoms with Crippen LogP contribution in [0.5, 0.6) is 11.5 Å². The van der Waals surface area contributed by atoms with Crippen molar-refractivity contribution in [1.82, 2.24) is 0 Å². The maximum atomic E-state index is 7.56. The second kappa shape index (κ2) is 8.32. The summed E-state index contributed by atoms with van der Waals surface area (Å²) in [6, 6.07) is 19.8. The first-order valence-corrected chi connectivity index (χ1v) is 13.2. The van der Waals surface area contributed by atoms with E-state index in [1.165, 1.54) is 54.9 Å². The largest absolute Gasteiger partial charge is 0.455 e. The van der Waals surface area contributed by atoms with Crippen LogP contribution in [0.1, 0.15) is 44.4 Å². The summed E-state index contributed by atoms with van der Waals surface area (Å²) in [7, 11) is 2.14. The van der Waals surface area contributed by atoms with Gasteiger partial charge in [-0.1, -0.05) is 56.3 Å². The Morgan fingerprint density at radius 2 is 1.73 bits per heavy atom. The summed E-state index contributed by atoms with van der Waals surface area (Å²) in [5.41, 5.74) is 5.76. The molecule has 1 aliphatic rings. The van der Waals surface area contributed by atoms with Gasteiger partial charge < -0.3 is 9.58 Å². The lowest BCUT2D eigenvalue weighted by atomic mass is 9.85. The van der Waals surface area contributed by atoms with Crippen molar-refractivity contribution >= 4 is 32.3 Å². The molecule has 6 rings (SSSR count). The minimum atomic E-state index is -0.417. The van der Waals surface area contributed by atoms with E-state index in [4.69, 9.17) is 11.3 Å². The van der Waals surface area contributed by atoms with Crippen molar-refractivity contribution in [2.45, 2.75) is 53.0 Å². The van der Waals surface area contributed by atoms with Gasteiger partial charge in [-0.3, -0.25) is 0 Å². The monoisotopic (exact) mass is 485 g/mol. The van der Waals surface area contributed by atoms with Crippen LogP contribution in [0.2, 0.25) is 0 Å². The fourth-order valence-corrected chi connectivity index (χ4v) is 6.11. The van der Waals surface area contributed by atoms with E-state index in [2.05, 4.69) is 98.0 Å². The lowest BCUT2D eigenvalue weighted by molar-refractivity contribution is -0.659. The highest BCUT2D eigenvalue weighted by atomic mass is 16.5. The highest BCUT2D eigenvalue weighted by Crippen LogP contribution is 2.52. The van der Waals surface area contributed by atoms with Gasteiger partial charge in [-0.05, 0) is 58.0 Å². The van der Waals surface area contributed by atoms with E-state index in [0.29, 0.717) is 5.92 Å². The number of ether oxygens (including phenoxy) is 1. The van der Waals surface area contributed by atoms with E-state index >= 15 is 0 Å². The number of nitrogens with zero attached hydrogens (tertiary/aromatic N) is 2. The van der Waals surface area contributed by atoms with Crippen molar-refractivity contribution in [2.24, 2.45) is 13.0 Å². The molecule has 0 unspecified atom stereocenters. The second-order valence-electron chi connectivity index (χ2n) is 11.6. The first kappa shape index (κ1) is 23.5. The Bertz CT molecular complexity index is 1790. The molecule has 0 spiro atoms. The number of aryl methyl sites for hydroxylation is 2. The maximum absolute atomic E-state index is 7.56. The van der Waals surface area contributed by atoms with E-state index in [1.54, 1.807) is 0 Å². The molecule has 0 N–H and O–H groups in total. The Balaban J connectivity index is 1.69. The van der Waals surface area contributed by atoms with Crippen LogP contribution in [0.15, 0.2) is 60.8 Å². The fraction of sp³-hybridized carbons (Fsp3) is 0.294. The summed E-state index contributed by atoms with van der Waals surface area (Å²) in [4.78, 5) is 3.82. The zero-order valence-electron chi connectivity index (χ0n) is 22.6. The van der Waals surface area contributed by atoms with Gasteiger partial charge in [-0.25, -0.2) is 11.1 Å². The van der Waals surface area contributed by atoms with Gasteiger partial charge in [-0.2, -0.15) is 0 Å². The Labute approximate surface area is 219 Å². The number of aromatic nitrogens is 1. The van der Waals surface area contributed by atoms with Gasteiger partial charge in [0, 0.05) is 30.9 Å². The summed E-state index contributed by atoms with van der Waals surface area (Å²) in [5.74, 6) is 2.43. The molecule has 37 heavy (non-hydrogen) atoms.